The fourth-order valence-electron chi connectivity index (χ4n) is 2.25. The molecule has 4 heteroatoms. The van der Waals surface area contributed by atoms with Crippen LogP contribution in [0.4, 0.5) is 0 Å². The topological polar surface area (TPSA) is 55.8 Å². The number of rotatable bonds is 5. The number of benzene rings is 1. The van der Waals surface area contributed by atoms with Gasteiger partial charge in [-0.1, -0.05) is 12.1 Å². The van der Waals surface area contributed by atoms with E-state index in [2.05, 4.69) is 0 Å². The van der Waals surface area contributed by atoms with Crippen molar-refractivity contribution in [1.29, 1.82) is 0 Å². The third kappa shape index (κ3) is 5.13. The standard InChI is InChI=1S/C19H30O4/c1-12-10-14(19(8,9)23-22-17(3,4)5)11-13(2)15(12)16(20)18(6,7)21/h10-11,21H,1-9H3. The molecule has 1 aromatic rings. The number of carbonyl (C=O) groups is 1. The smallest absolute Gasteiger partial charge is 0.194 e. The van der Waals surface area contributed by atoms with E-state index in [9.17, 15) is 9.90 Å². The first-order valence-electron chi connectivity index (χ1n) is 7.91. The molecule has 0 aromatic heterocycles. The number of aliphatic hydroxyl groups is 1. The van der Waals surface area contributed by atoms with Gasteiger partial charge in [0.15, 0.2) is 5.78 Å². The lowest BCUT2D eigenvalue weighted by Gasteiger charge is -2.30. The molecule has 23 heavy (non-hydrogen) atoms. The summed E-state index contributed by atoms with van der Waals surface area (Å²) in [7, 11) is 0. The average molecular weight is 322 g/mol. The van der Waals surface area contributed by atoms with Crippen LogP contribution in [-0.2, 0) is 15.4 Å². The van der Waals surface area contributed by atoms with Gasteiger partial charge in [0.25, 0.3) is 0 Å². The Kier molecular flexibility index (Phi) is 5.47. The molecule has 1 aromatic carbocycles. The quantitative estimate of drug-likeness (QED) is 0.500. The highest BCUT2D eigenvalue weighted by molar-refractivity contribution is 6.04. The van der Waals surface area contributed by atoms with E-state index in [1.807, 2.05) is 60.6 Å². The second-order valence-corrected chi connectivity index (χ2v) is 8.16. The van der Waals surface area contributed by atoms with E-state index in [-0.39, 0.29) is 5.78 Å². The Hall–Kier alpha value is -1.23. The molecule has 0 aliphatic rings. The maximum atomic E-state index is 12.4. The van der Waals surface area contributed by atoms with Crippen molar-refractivity contribution in [2.45, 2.75) is 79.1 Å². The molecule has 0 saturated heterocycles. The molecule has 0 unspecified atom stereocenters. The van der Waals surface area contributed by atoms with Crippen molar-refractivity contribution >= 4 is 5.78 Å². The van der Waals surface area contributed by atoms with Gasteiger partial charge >= 0.3 is 0 Å². The lowest BCUT2D eigenvalue weighted by Crippen LogP contribution is -2.33. The molecule has 4 nitrogen and oxygen atoms in total. The van der Waals surface area contributed by atoms with E-state index < -0.39 is 16.8 Å². The molecule has 0 saturated carbocycles. The van der Waals surface area contributed by atoms with E-state index in [1.54, 1.807) is 0 Å². The highest BCUT2D eigenvalue weighted by Gasteiger charge is 2.31. The molecule has 0 aliphatic heterocycles. The zero-order valence-corrected chi connectivity index (χ0v) is 15.8. The first-order valence-corrected chi connectivity index (χ1v) is 7.91. The van der Waals surface area contributed by atoms with Crippen LogP contribution in [0.3, 0.4) is 0 Å². The zero-order valence-electron chi connectivity index (χ0n) is 15.8. The summed E-state index contributed by atoms with van der Waals surface area (Å²) in [4.78, 5) is 23.5. The van der Waals surface area contributed by atoms with E-state index in [0.717, 1.165) is 16.7 Å². The molecule has 0 aliphatic carbocycles. The molecule has 0 bridgehead atoms. The molecular weight excluding hydrogens is 292 g/mol. The lowest BCUT2D eigenvalue weighted by atomic mass is 9.86. The van der Waals surface area contributed by atoms with Crippen LogP contribution in [0.2, 0.25) is 0 Å². The summed E-state index contributed by atoms with van der Waals surface area (Å²) in [6, 6.07) is 3.83. The van der Waals surface area contributed by atoms with E-state index in [0.29, 0.717) is 5.56 Å². The van der Waals surface area contributed by atoms with Crippen LogP contribution in [0.5, 0.6) is 0 Å². The number of Topliss-reactive ketones (excluding diaryl/α,β-unsaturated/α-hetero) is 1. The highest BCUT2D eigenvalue weighted by Crippen LogP contribution is 2.31. The number of hydrogen-bond donors (Lipinski definition) is 1. The predicted octanol–water partition coefficient (Wildman–Crippen LogP) is 4.24. The van der Waals surface area contributed by atoms with Crippen molar-refractivity contribution in [3.8, 4) is 0 Å². The molecule has 0 amide bonds. The first kappa shape index (κ1) is 19.8. The van der Waals surface area contributed by atoms with Gasteiger partial charge in [-0.25, -0.2) is 9.78 Å². The largest absolute Gasteiger partial charge is 0.382 e. The zero-order chi connectivity index (χ0) is 18.2. The summed E-state index contributed by atoms with van der Waals surface area (Å²) >= 11 is 0. The summed E-state index contributed by atoms with van der Waals surface area (Å²) in [6.45, 7) is 16.4. The van der Waals surface area contributed by atoms with Crippen LogP contribution in [-0.4, -0.2) is 22.1 Å². The van der Waals surface area contributed by atoms with Crippen LogP contribution in [0, 0.1) is 13.8 Å². The number of ketones is 1. The maximum Gasteiger partial charge on any atom is 0.194 e. The van der Waals surface area contributed by atoms with Crippen molar-refractivity contribution in [3.63, 3.8) is 0 Å². The van der Waals surface area contributed by atoms with Gasteiger partial charge in [-0.15, -0.1) is 0 Å². The summed E-state index contributed by atoms with van der Waals surface area (Å²) < 4.78 is 0. The predicted molar refractivity (Wildman–Crippen MR) is 91.5 cm³/mol. The number of carbonyl (C=O) groups excluding carboxylic acids is 1. The average Bonchev–Trinajstić information content (AvgIpc) is 2.33. The number of aryl methyl sites for hydroxylation is 2. The SMILES string of the molecule is Cc1cc(C(C)(C)OOC(C)(C)C)cc(C)c1C(=O)C(C)(C)O. The Morgan fingerprint density at radius 2 is 1.35 bits per heavy atom. The summed E-state index contributed by atoms with van der Waals surface area (Å²) in [5.74, 6) is -0.274. The Morgan fingerprint density at radius 1 is 0.913 bits per heavy atom. The molecule has 0 spiro atoms. The molecule has 130 valence electrons. The van der Waals surface area contributed by atoms with Crippen molar-refractivity contribution in [1.82, 2.24) is 0 Å². The van der Waals surface area contributed by atoms with Crippen LogP contribution in [0.25, 0.3) is 0 Å². The highest BCUT2D eigenvalue weighted by atomic mass is 17.2. The van der Waals surface area contributed by atoms with Gasteiger partial charge in [-0.05, 0) is 79.0 Å². The normalized spacial score (nSPS) is 13.3. The van der Waals surface area contributed by atoms with Crippen molar-refractivity contribution in [3.05, 3.63) is 34.4 Å². The third-order valence-corrected chi connectivity index (χ3v) is 3.51. The molecule has 0 fully saturated rings. The Labute approximate surface area is 139 Å². The van der Waals surface area contributed by atoms with Gasteiger partial charge < -0.3 is 5.11 Å². The molecule has 1 N–H and O–H groups in total. The number of hydrogen-bond acceptors (Lipinski definition) is 4. The molecule has 0 heterocycles. The van der Waals surface area contributed by atoms with Crippen molar-refractivity contribution < 1.29 is 19.7 Å². The fourth-order valence-corrected chi connectivity index (χ4v) is 2.25. The van der Waals surface area contributed by atoms with Crippen LogP contribution in [0.15, 0.2) is 12.1 Å². The Bertz CT molecular complexity index is 563. The van der Waals surface area contributed by atoms with Gasteiger partial charge in [0, 0.05) is 5.56 Å². The Morgan fingerprint density at radius 3 is 1.70 bits per heavy atom. The summed E-state index contributed by atoms with van der Waals surface area (Å²) in [5.41, 5.74) is 0.673. The van der Waals surface area contributed by atoms with Crippen LogP contribution < -0.4 is 0 Å². The minimum absolute atomic E-state index is 0.274. The summed E-state index contributed by atoms with van der Waals surface area (Å²) in [6.07, 6.45) is 0. The van der Waals surface area contributed by atoms with Gasteiger partial charge in [-0.2, -0.15) is 0 Å². The van der Waals surface area contributed by atoms with Gasteiger partial charge in [0.2, 0.25) is 0 Å². The third-order valence-electron chi connectivity index (χ3n) is 3.51. The molecular formula is C19H30O4. The molecule has 1 rings (SSSR count). The lowest BCUT2D eigenvalue weighted by molar-refractivity contribution is -0.401. The maximum absolute atomic E-state index is 12.4. The van der Waals surface area contributed by atoms with E-state index >= 15 is 0 Å². The van der Waals surface area contributed by atoms with Crippen LogP contribution >= 0.6 is 0 Å². The minimum Gasteiger partial charge on any atom is -0.382 e. The van der Waals surface area contributed by atoms with E-state index in [4.69, 9.17) is 9.78 Å². The minimum atomic E-state index is -1.39. The van der Waals surface area contributed by atoms with E-state index in [1.165, 1.54) is 13.8 Å². The van der Waals surface area contributed by atoms with Crippen molar-refractivity contribution in [2.75, 3.05) is 0 Å². The fraction of sp³-hybridized carbons (Fsp3) is 0.632. The molecule has 0 atom stereocenters. The van der Waals surface area contributed by atoms with Crippen LogP contribution in [0.1, 0.15) is 75.5 Å². The molecule has 0 radical (unpaired) electrons. The second-order valence-electron chi connectivity index (χ2n) is 8.16. The van der Waals surface area contributed by atoms with Crippen molar-refractivity contribution in [2.24, 2.45) is 0 Å². The van der Waals surface area contributed by atoms with Gasteiger partial charge in [0.1, 0.15) is 11.2 Å². The van der Waals surface area contributed by atoms with Gasteiger partial charge in [0.05, 0.1) is 5.60 Å². The Balaban J connectivity index is 3.21. The second kappa shape index (κ2) is 6.34. The monoisotopic (exact) mass is 322 g/mol. The van der Waals surface area contributed by atoms with Gasteiger partial charge in [-0.3, -0.25) is 4.79 Å². The first-order chi connectivity index (χ1) is 10.1. The summed E-state index contributed by atoms with van der Waals surface area (Å²) in [5, 5.41) is 10.00.